The van der Waals surface area contributed by atoms with Gasteiger partial charge in [-0.1, -0.05) is 0 Å². The van der Waals surface area contributed by atoms with Crippen molar-refractivity contribution in [3.8, 4) is 0 Å². The van der Waals surface area contributed by atoms with Gasteiger partial charge in [-0.25, -0.2) is 0 Å². The molecule has 0 unspecified atom stereocenters. The number of thiophene rings is 1. The number of carbonyl (C=O) groups excluding carboxylic acids is 2. The van der Waals surface area contributed by atoms with Crippen LogP contribution >= 0.6 is 11.3 Å². The molecule has 2 amide bonds. The molecule has 0 fully saturated rings. The molecule has 1 aromatic rings. The van der Waals surface area contributed by atoms with Crippen LogP contribution in [0.5, 0.6) is 0 Å². The summed E-state index contributed by atoms with van der Waals surface area (Å²) in [6, 6.07) is 0. The van der Waals surface area contributed by atoms with Crippen molar-refractivity contribution >= 4 is 23.2 Å². The van der Waals surface area contributed by atoms with Gasteiger partial charge in [0.05, 0.1) is 16.8 Å². The first-order chi connectivity index (χ1) is 8.55. The van der Waals surface area contributed by atoms with Gasteiger partial charge >= 0.3 is 0 Å². The highest BCUT2D eigenvalue weighted by atomic mass is 32.1. The standard InChI is InChI=1S/C13H18N2O3S/c1-12(2)5-6-7(10(14)16)8(11(15)17)19-9(6)13(3,4)18-12/h5H2,1-4H3,(H2,14,16)(H2,15,17). The number of nitrogens with two attached hydrogens (primary N) is 2. The highest BCUT2D eigenvalue weighted by Crippen LogP contribution is 2.46. The number of fused-ring (bicyclic) bond motifs is 1. The van der Waals surface area contributed by atoms with Gasteiger partial charge in [-0.2, -0.15) is 0 Å². The van der Waals surface area contributed by atoms with Crippen LogP contribution in [0.4, 0.5) is 0 Å². The second-order valence-corrected chi connectivity index (χ2v) is 6.91. The molecule has 0 bridgehead atoms. The molecule has 6 heteroatoms. The van der Waals surface area contributed by atoms with E-state index in [-0.39, 0.29) is 10.4 Å². The summed E-state index contributed by atoms with van der Waals surface area (Å²) in [7, 11) is 0. The molecule has 0 saturated heterocycles. The average Bonchev–Trinajstić information content (AvgIpc) is 2.53. The molecule has 104 valence electrons. The van der Waals surface area contributed by atoms with Crippen LogP contribution in [0.3, 0.4) is 0 Å². The third-order valence-corrected chi connectivity index (χ3v) is 4.71. The highest BCUT2D eigenvalue weighted by Gasteiger charge is 2.43. The Morgan fingerprint density at radius 3 is 2.21 bits per heavy atom. The van der Waals surface area contributed by atoms with Gasteiger partial charge < -0.3 is 16.2 Å². The quantitative estimate of drug-likeness (QED) is 0.861. The summed E-state index contributed by atoms with van der Waals surface area (Å²) in [5, 5.41) is 0. The van der Waals surface area contributed by atoms with E-state index < -0.39 is 23.0 Å². The first-order valence-corrected chi connectivity index (χ1v) is 6.83. The first kappa shape index (κ1) is 14.0. The van der Waals surface area contributed by atoms with E-state index in [1.54, 1.807) is 0 Å². The number of primary amides is 2. The minimum Gasteiger partial charge on any atom is -0.366 e. The van der Waals surface area contributed by atoms with E-state index in [0.717, 1.165) is 10.4 Å². The van der Waals surface area contributed by atoms with Crippen molar-refractivity contribution in [2.45, 2.75) is 45.3 Å². The van der Waals surface area contributed by atoms with E-state index in [2.05, 4.69) is 0 Å². The second-order valence-electron chi connectivity index (χ2n) is 5.89. The number of hydrogen-bond donors (Lipinski definition) is 2. The van der Waals surface area contributed by atoms with Crippen molar-refractivity contribution in [3.63, 3.8) is 0 Å². The van der Waals surface area contributed by atoms with Crippen molar-refractivity contribution < 1.29 is 14.3 Å². The van der Waals surface area contributed by atoms with E-state index in [9.17, 15) is 9.59 Å². The molecule has 5 nitrogen and oxygen atoms in total. The van der Waals surface area contributed by atoms with Crippen molar-refractivity contribution in [1.29, 1.82) is 0 Å². The average molecular weight is 282 g/mol. The van der Waals surface area contributed by atoms with E-state index in [1.807, 2.05) is 27.7 Å². The molecule has 1 aliphatic heterocycles. The van der Waals surface area contributed by atoms with Crippen LogP contribution in [-0.4, -0.2) is 17.4 Å². The summed E-state index contributed by atoms with van der Waals surface area (Å²) < 4.78 is 6.02. The van der Waals surface area contributed by atoms with Crippen molar-refractivity contribution in [1.82, 2.24) is 0 Å². The molecule has 0 spiro atoms. The number of ether oxygens (including phenoxy) is 1. The summed E-state index contributed by atoms with van der Waals surface area (Å²) in [6.07, 6.45) is 0.536. The largest absolute Gasteiger partial charge is 0.366 e. The van der Waals surface area contributed by atoms with Crippen LogP contribution in [-0.2, 0) is 16.8 Å². The zero-order valence-electron chi connectivity index (χ0n) is 11.5. The Morgan fingerprint density at radius 1 is 1.16 bits per heavy atom. The fourth-order valence-electron chi connectivity index (χ4n) is 2.75. The summed E-state index contributed by atoms with van der Waals surface area (Å²) in [6.45, 7) is 7.73. The Labute approximate surface area is 115 Å². The molecular formula is C13H18N2O3S. The molecule has 1 aromatic heterocycles. The van der Waals surface area contributed by atoms with Gasteiger partial charge in [-0.3, -0.25) is 9.59 Å². The molecular weight excluding hydrogens is 264 g/mol. The van der Waals surface area contributed by atoms with Gasteiger partial charge in [0.1, 0.15) is 4.88 Å². The predicted octanol–water partition coefficient (Wildman–Crippen LogP) is 1.53. The zero-order valence-corrected chi connectivity index (χ0v) is 12.3. The molecule has 0 aromatic carbocycles. The zero-order chi connectivity index (χ0) is 14.6. The van der Waals surface area contributed by atoms with Crippen LogP contribution in [0.15, 0.2) is 0 Å². The van der Waals surface area contributed by atoms with Crippen molar-refractivity contribution in [2.24, 2.45) is 11.5 Å². The minimum absolute atomic E-state index is 0.229. The van der Waals surface area contributed by atoms with Crippen LogP contribution < -0.4 is 11.5 Å². The van der Waals surface area contributed by atoms with Crippen LogP contribution in [0.25, 0.3) is 0 Å². The first-order valence-electron chi connectivity index (χ1n) is 6.01. The van der Waals surface area contributed by atoms with Gasteiger partial charge in [0.2, 0.25) is 0 Å². The minimum atomic E-state index is -0.623. The maximum atomic E-state index is 11.7. The summed E-state index contributed by atoms with van der Waals surface area (Å²) >= 11 is 1.21. The van der Waals surface area contributed by atoms with E-state index in [4.69, 9.17) is 16.2 Å². The van der Waals surface area contributed by atoms with Crippen LogP contribution in [0.1, 0.15) is 58.2 Å². The Bertz CT molecular complexity index is 573. The van der Waals surface area contributed by atoms with E-state index >= 15 is 0 Å². The molecule has 1 aliphatic rings. The lowest BCUT2D eigenvalue weighted by molar-refractivity contribution is -0.135. The van der Waals surface area contributed by atoms with E-state index in [1.165, 1.54) is 11.3 Å². The smallest absolute Gasteiger partial charge is 0.259 e. The normalized spacial score (nSPS) is 19.8. The monoisotopic (exact) mass is 282 g/mol. The maximum absolute atomic E-state index is 11.7. The predicted molar refractivity (Wildman–Crippen MR) is 73.2 cm³/mol. The topological polar surface area (TPSA) is 95.4 Å². The number of amides is 2. The molecule has 4 N–H and O–H groups in total. The Balaban J connectivity index is 2.74. The number of carbonyl (C=O) groups is 2. The Morgan fingerprint density at radius 2 is 1.74 bits per heavy atom. The maximum Gasteiger partial charge on any atom is 0.259 e. The Hall–Kier alpha value is -1.40. The lowest BCUT2D eigenvalue weighted by Gasteiger charge is -2.41. The molecule has 19 heavy (non-hydrogen) atoms. The number of hydrogen-bond acceptors (Lipinski definition) is 4. The summed E-state index contributed by atoms with van der Waals surface area (Å²) in [5.41, 5.74) is 10.8. The Kier molecular flexibility index (Phi) is 2.98. The van der Waals surface area contributed by atoms with E-state index in [0.29, 0.717) is 6.42 Å². The van der Waals surface area contributed by atoms with Gasteiger partial charge in [-0.15, -0.1) is 11.3 Å². The molecule has 2 rings (SSSR count). The van der Waals surface area contributed by atoms with Gasteiger partial charge in [-0.05, 0) is 33.3 Å². The van der Waals surface area contributed by atoms with Crippen LogP contribution in [0, 0.1) is 0 Å². The second kappa shape index (κ2) is 4.05. The third-order valence-electron chi connectivity index (χ3n) is 3.16. The lowest BCUT2D eigenvalue weighted by atomic mass is 9.86. The molecule has 0 radical (unpaired) electrons. The highest BCUT2D eigenvalue weighted by molar-refractivity contribution is 7.14. The molecule has 2 heterocycles. The number of rotatable bonds is 2. The van der Waals surface area contributed by atoms with Gasteiger partial charge in [0.25, 0.3) is 11.8 Å². The fraction of sp³-hybridized carbons (Fsp3) is 0.538. The SMILES string of the molecule is CC1(C)Cc2c(sc(C(N)=O)c2C(N)=O)C(C)(C)O1. The summed E-state index contributed by atoms with van der Waals surface area (Å²) in [5.74, 6) is -1.23. The van der Waals surface area contributed by atoms with Crippen LogP contribution in [0.2, 0.25) is 0 Å². The lowest BCUT2D eigenvalue weighted by Crippen LogP contribution is -2.42. The third kappa shape index (κ3) is 2.26. The van der Waals surface area contributed by atoms with Crippen molar-refractivity contribution in [2.75, 3.05) is 0 Å². The van der Waals surface area contributed by atoms with Gasteiger partial charge in [0.15, 0.2) is 0 Å². The molecule has 0 aliphatic carbocycles. The van der Waals surface area contributed by atoms with Gasteiger partial charge in [0, 0.05) is 11.3 Å². The van der Waals surface area contributed by atoms with Crippen molar-refractivity contribution in [3.05, 3.63) is 20.9 Å². The fourth-order valence-corrected chi connectivity index (χ4v) is 3.97. The molecule has 0 saturated carbocycles. The molecule has 0 atom stereocenters. The summed E-state index contributed by atoms with van der Waals surface area (Å²) in [4.78, 5) is 24.2.